The molecule has 3 heteroatoms. The van der Waals surface area contributed by atoms with Gasteiger partial charge in [-0.05, 0) is 6.92 Å². The van der Waals surface area contributed by atoms with Crippen molar-refractivity contribution < 1.29 is 14.6 Å². The first-order valence-electron chi connectivity index (χ1n) is 2.22. The van der Waals surface area contributed by atoms with Gasteiger partial charge in [-0.15, -0.1) is 0 Å². The molecule has 0 unspecified atom stereocenters. The zero-order valence-electron chi connectivity index (χ0n) is 4.59. The molecule has 1 radical (unpaired) electrons. The molecule has 0 aliphatic rings. The summed E-state index contributed by atoms with van der Waals surface area (Å²) in [6, 6.07) is 0. The summed E-state index contributed by atoms with van der Waals surface area (Å²) < 4.78 is 4.00. The molecule has 0 bridgehead atoms. The monoisotopic (exact) mass is 115 g/mol. The Kier molecular flexibility index (Phi) is 3.66. The van der Waals surface area contributed by atoms with Gasteiger partial charge >= 0.3 is 6.16 Å². The summed E-state index contributed by atoms with van der Waals surface area (Å²) >= 11 is 0. The van der Waals surface area contributed by atoms with Crippen molar-refractivity contribution in [1.29, 1.82) is 0 Å². The fraction of sp³-hybridized carbons (Fsp3) is 0.400. The number of carbonyl (C=O) groups excluding carboxylic acids is 1. The van der Waals surface area contributed by atoms with Gasteiger partial charge in [-0.25, -0.2) is 0 Å². The lowest BCUT2D eigenvalue weighted by atomic mass is 10.6. The number of hydrogen-bond acceptors (Lipinski definition) is 2. The molecule has 0 fully saturated rings. The van der Waals surface area contributed by atoms with Crippen molar-refractivity contribution in [1.82, 2.24) is 0 Å². The topological polar surface area (TPSA) is 46.2 Å². The van der Waals surface area contributed by atoms with Gasteiger partial charge in [0, 0.05) is 0 Å². The van der Waals surface area contributed by atoms with Gasteiger partial charge in [0.2, 0.25) is 0 Å². The first-order valence-corrected chi connectivity index (χ1v) is 2.22. The predicted octanol–water partition coefficient (Wildman–Crippen LogP) is 1.13. The third kappa shape index (κ3) is 5.01. The van der Waals surface area contributed by atoms with E-state index in [2.05, 4.69) is 4.74 Å². The number of ether oxygens (including phenoxy) is 1. The van der Waals surface area contributed by atoms with E-state index < -0.39 is 6.16 Å². The fourth-order valence-electron chi connectivity index (χ4n) is 0.212. The van der Waals surface area contributed by atoms with Gasteiger partial charge in [0.25, 0.3) is 0 Å². The highest BCUT2D eigenvalue weighted by molar-refractivity contribution is 5.56. The summed E-state index contributed by atoms with van der Waals surface area (Å²) in [7, 11) is 0. The van der Waals surface area contributed by atoms with Gasteiger partial charge in [-0.3, -0.25) is 0 Å². The number of allylic oxidation sites excluding steroid dienone is 1. The van der Waals surface area contributed by atoms with E-state index in [1.807, 2.05) is 0 Å². The second-order valence-electron chi connectivity index (χ2n) is 1.13. The van der Waals surface area contributed by atoms with Crippen LogP contribution < -0.4 is 0 Å². The van der Waals surface area contributed by atoms with Crippen LogP contribution >= 0.6 is 0 Å². The normalized spacial score (nSPS) is 9.62. The molecule has 0 heterocycles. The summed E-state index contributed by atoms with van der Waals surface area (Å²) in [5.41, 5.74) is 0. The highest BCUT2D eigenvalue weighted by Crippen LogP contribution is 1.77. The number of hydrogen-bond donors (Lipinski definition) is 0. The summed E-state index contributed by atoms with van der Waals surface area (Å²) in [5, 5.41) is 9.51. The maximum Gasteiger partial charge on any atom is 0.550 e. The van der Waals surface area contributed by atoms with E-state index >= 15 is 0 Å². The molecular formula is C5H7O3. The van der Waals surface area contributed by atoms with E-state index in [1.165, 1.54) is 0 Å². The maximum absolute atomic E-state index is 9.51. The molecule has 0 saturated heterocycles. The molecule has 0 aliphatic heterocycles. The largest absolute Gasteiger partial charge is 0.550 e. The van der Waals surface area contributed by atoms with Crippen LogP contribution in [-0.2, 0) is 9.84 Å². The molecule has 0 rings (SSSR count). The third-order valence-electron chi connectivity index (χ3n) is 0.533. The van der Waals surface area contributed by atoms with E-state index in [-0.39, 0.29) is 6.61 Å². The van der Waals surface area contributed by atoms with Gasteiger partial charge in [-0.1, -0.05) is 12.2 Å². The average molecular weight is 115 g/mol. The Hall–Kier alpha value is -0.990. The Morgan fingerprint density at radius 2 is 2.38 bits per heavy atom. The van der Waals surface area contributed by atoms with Crippen LogP contribution in [0.25, 0.3) is 0 Å². The van der Waals surface area contributed by atoms with E-state index in [4.69, 9.17) is 0 Å². The number of carbonyl (C=O) groups is 1. The summed E-state index contributed by atoms with van der Waals surface area (Å²) in [4.78, 5) is 9.51. The van der Waals surface area contributed by atoms with Crippen LogP contribution in [-0.4, -0.2) is 12.8 Å². The van der Waals surface area contributed by atoms with E-state index in [1.54, 1.807) is 19.1 Å². The maximum atomic E-state index is 9.51. The van der Waals surface area contributed by atoms with Crippen molar-refractivity contribution in [3.05, 3.63) is 12.2 Å². The minimum Gasteiger partial charge on any atom is -0.428 e. The van der Waals surface area contributed by atoms with Crippen LogP contribution in [0, 0.1) is 0 Å². The Balaban J connectivity index is 3.05. The molecule has 0 amide bonds. The summed E-state index contributed by atoms with van der Waals surface area (Å²) in [5.74, 6) is 0. The van der Waals surface area contributed by atoms with Crippen molar-refractivity contribution in [2.75, 3.05) is 6.61 Å². The van der Waals surface area contributed by atoms with Crippen molar-refractivity contribution in [2.45, 2.75) is 6.92 Å². The SMILES string of the molecule is CC=CCOC([O])=O. The molecule has 3 nitrogen and oxygen atoms in total. The summed E-state index contributed by atoms with van der Waals surface area (Å²) in [6.45, 7) is 1.86. The van der Waals surface area contributed by atoms with Crippen LogP contribution in [0.5, 0.6) is 0 Å². The van der Waals surface area contributed by atoms with E-state index in [9.17, 15) is 9.90 Å². The quantitative estimate of drug-likeness (QED) is 0.400. The third-order valence-corrected chi connectivity index (χ3v) is 0.533. The Labute approximate surface area is 47.6 Å². The van der Waals surface area contributed by atoms with Crippen LogP contribution in [0.3, 0.4) is 0 Å². The molecule has 45 valence electrons. The molecule has 0 aromatic heterocycles. The van der Waals surface area contributed by atoms with E-state index in [0.717, 1.165) is 0 Å². The highest BCUT2D eigenvalue weighted by atomic mass is 16.7. The van der Waals surface area contributed by atoms with Gasteiger partial charge in [0.05, 0.1) is 0 Å². The van der Waals surface area contributed by atoms with Crippen molar-refractivity contribution in [2.24, 2.45) is 0 Å². The first kappa shape index (κ1) is 7.01. The second kappa shape index (κ2) is 4.18. The molecule has 0 aromatic carbocycles. The van der Waals surface area contributed by atoms with Crippen LogP contribution in [0.15, 0.2) is 12.2 Å². The molecule has 0 aromatic rings. The van der Waals surface area contributed by atoms with Gasteiger partial charge in [0.15, 0.2) is 0 Å². The summed E-state index contributed by atoms with van der Waals surface area (Å²) in [6.07, 6.45) is 1.79. The molecule has 0 atom stereocenters. The molecule has 0 N–H and O–H groups in total. The molecule has 0 aliphatic carbocycles. The van der Waals surface area contributed by atoms with Gasteiger partial charge < -0.3 is 4.74 Å². The lowest BCUT2D eigenvalue weighted by Crippen LogP contribution is -1.96. The van der Waals surface area contributed by atoms with Crippen molar-refractivity contribution in [3.63, 3.8) is 0 Å². The lowest BCUT2D eigenvalue weighted by Gasteiger charge is -1.87. The Morgan fingerprint density at radius 3 is 2.75 bits per heavy atom. The molecule has 0 saturated carbocycles. The smallest absolute Gasteiger partial charge is 0.428 e. The average Bonchev–Trinajstić information content (AvgIpc) is 1.66. The predicted molar refractivity (Wildman–Crippen MR) is 26.8 cm³/mol. The van der Waals surface area contributed by atoms with E-state index in [0.29, 0.717) is 0 Å². The molecule has 8 heavy (non-hydrogen) atoms. The van der Waals surface area contributed by atoms with Gasteiger partial charge in [-0.2, -0.15) is 9.90 Å². The van der Waals surface area contributed by atoms with Crippen LogP contribution in [0.1, 0.15) is 6.92 Å². The second-order valence-corrected chi connectivity index (χ2v) is 1.13. The zero-order chi connectivity index (χ0) is 6.41. The minimum atomic E-state index is -1.48. The van der Waals surface area contributed by atoms with Crippen LogP contribution in [0.4, 0.5) is 4.79 Å². The first-order chi connectivity index (χ1) is 3.77. The van der Waals surface area contributed by atoms with Gasteiger partial charge in [0.1, 0.15) is 6.61 Å². The number of rotatable bonds is 2. The molecular weight excluding hydrogens is 108 g/mol. The van der Waals surface area contributed by atoms with Crippen molar-refractivity contribution >= 4 is 6.16 Å². The Bertz CT molecular complexity index is 95.8. The standard InChI is InChI=1S/C5H7O3/c1-2-3-4-8-5(6)7/h2-3H,4H2,1H3. The highest BCUT2D eigenvalue weighted by Gasteiger charge is 1.92. The van der Waals surface area contributed by atoms with Crippen LogP contribution in [0.2, 0.25) is 0 Å². The lowest BCUT2D eigenvalue weighted by molar-refractivity contribution is 0.0769. The van der Waals surface area contributed by atoms with Crippen molar-refractivity contribution in [3.8, 4) is 0 Å². The zero-order valence-corrected chi connectivity index (χ0v) is 4.59. The Morgan fingerprint density at radius 1 is 1.75 bits per heavy atom. The molecule has 0 spiro atoms. The minimum absolute atomic E-state index is 0.0822. The fourth-order valence-corrected chi connectivity index (χ4v) is 0.212.